The van der Waals surface area contributed by atoms with Crippen LogP contribution in [0.25, 0.3) is 0 Å². The Morgan fingerprint density at radius 1 is 1.27 bits per heavy atom. The number of nitrogens with one attached hydrogen (secondary N) is 1. The second-order valence-electron chi connectivity index (χ2n) is 4.65. The zero-order valence-electron chi connectivity index (χ0n) is 9.54. The second kappa shape index (κ2) is 6.46. The Morgan fingerprint density at radius 2 is 2.27 bits per heavy atom. The smallest absolute Gasteiger partial charge is 0.0809 e. The van der Waals surface area contributed by atoms with Crippen LogP contribution in [0.4, 0.5) is 0 Å². The van der Waals surface area contributed by atoms with Gasteiger partial charge in [0, 0.05) is 19.3 Å². The van der Waals surface area contributed by atoms with Crippen LogP contribution in [0.5, 0.6) is 0 Å². The van der Waals surface area contributed by atoms with E-state index in [-0.39, 0.29) is 0 Å². The molecule has 2 fully saturated rings. The molecule has 3 heteroatoms. The summed E-state index contributed by atoms with van der Waals surface area (Å²) in [6.45, 7) is 3.84. The lowest BCUT2D eigenvalue weighted by molar-refractivity contribution is 0.0158. The van der Waals surface area contributed by atoms with Crippen LogP contribution in [0.2, 0.25) is 0 Å². The van der Waals surface area contributed by atoms with Gasteiger partial charge < -0.3 is 14.8 Å². The van der Waals surface area contributed by atoms with E-state index < -0.39 is 0 Å². The van der Waals surface area contributed by atoms with Crippen LogP contribution < -0.4 is 5.32 Å². The van der Waals surface area contributed by atoms with Crippen molar-refractivity contribution in [1.29, 1.82) is 0 Å². The molecule has 1 N–H and O–H groups in total. The van der Waals surface area contributed by atoms with Crippen molar-refractivity contribution in [3.05, 3.63) is 0 Å². The third-order valence-electron chi connectivity index (χ3n) is 3.33. The van der Waals surface area contributed by atoms with Gasteiger partial charge in [-0.2, -0.15) is 0 Å². The largest absolute Gasteiger partial charge is 0.379 e. The minimum absolute atomic E-state index is 0.384. The fourth-order valence-corrected chi connectivity index (χ4v) is 2.43. The van der Waals surface area contributed by atoms with Crippen molar-refractivity contribution in [1.82, 2.24) is 5.32 Å². The molecule has 0 aliphatic carbocycles. The van der Waals surface area contributed by atoms with Gasteiger partial charge >= 0.3 is 0 Å². The number of hydrogen-bond donors (Lipinski definition) is 1. The first-order valence-corrected chi connectivity index (χ1v) is 6.38. The van der Waals surface area contributed by atoms with E-state index in [0.717, 1.165) is 25.9 Å². The van der Waals surface area contributed by atoms with Crippen molar-refractivity contribution in [3.63, 3.8) is 0 Å². The van der Waals surface area contributed by atoms with Gasteiger partial charge in [0.15, 0.2) is 0 Å². The molecule has 0 saturated carbocycles. The molecule has 0 radical (unpaired) electrons. The topological polar surface area (TPSA) is 30.5 Å². The highest BCUT2D eigenvalue weighted by atomic mass is 16.5. The van der Waals surface area contributed by atoms with E-state index in [9.17, 15) is 0 Å². The first-order valence-electron chi connectivity index (χ1n) is 6.38. The molecule has 2 unspecified atom stereocenters. The zero-order valence-corrected chi connectivity index (χ0v) is 9.54. The monoisotopic (exact) mass is 213 g/mol. The Balaban J connectivity index is 1.41. The van der Waals surface area contributed by atoms with Gasteiger partial charge in [-0.25, -0.2) is 0 Å². The van der Waals surface area contributed by atoms with Gasteiger partial charge in [0.1, 0.15) is 0 Å². The maximum atomic E-state index is 5.62. The zero-order chi connectivity index (χ0) is 10.3. The van der Waals surface area contributed by atoms with Crippen molar-refractivity contribution in [2.24, 2.45) is 0 Å². The van der Waals surface area contributed by atoms with Crippen LogP contribution >= 0.6 is 0 Å². The van der Waals surface area contributed by atoms with Crippen LogP contribution in [0.15, 0.2) is 0 Å². The molecule has 3 nitrogen and oxygen atoms in total. The Kier molecular flexibility index (Phi) is 4.90. The molecular weight excluding hydrogens is 190 g/mol. The third-order valence-corrected chi connectivity index (χ3v) is 3.33. The van der Waals surface area contributed by atoms with Crippen molar-refractivity contribution < 1.29 is 9.47 Å². The van der Waals surface area contributed by atoms with Crippen molar-refractivity contribution in [3.8, 4) is 0 Å². The standard InChI is InChI=1S/C12H23NO2/c1-4-11(13-7-1)5-2-8-14-10-12-6-3-9-15-12/h11-13H,1-10H2. The van der Waals surface area contributed by atoms with Gasteiger partial charge in [-0.15, -0.1) is 0 Å². The van der Waals surface area contributed by atoms with Crippen LogP contribution in [-0.2, 0) is 9.47 Å². The molecule has 2 heterocycles. The summed E-state index contributed by atoms with van der Waals surface area (Å²) in [4.78, 5) is 0. The average Bonchev–Trinajstić information content (AvgIpc) is 2.88. The Hall–Kier alpha value is -0.120. The molecule has 0 spiro atoms. The normalized spacial score (nSPS) is 31.2. The lowest BCUT2D eigenvalue weighted by Gasteiger charge is -2.12. The van der Waals surface area contributed by atoms with Gasteiger partial charge in [0.2, 0.25) is 0 Å². The van der Waals surface area contributed by atoms with Gasteiger partial charge in [0.05, 0.1) is 12.7 Å². The summed E-state index contributed by atoms with van der Waals surface area (Å²) < 4.78 is 11.1. The van der Waals surface area contributed by atoms with Crippen molar-refractivity contribution in [2.75, 3.05) is 26.4 Å². The molecular formula is C12H23NO2. The molecule has 2 rings (SSSR count). The SMILES string of the molecule is C1CNC(CCCOCC2CCCO2)C1. The van der Waals surface area contributed by atoms with Gasteiger partial charge in [-0.1, -0.05) is 0 Å². The average molecular weight is 213 g/mol. The molecule has 2 atom stereocenters. The lowest BCUT2D eigenvalue weighted by Crippen LogP contribution is -2.22. The van der Waals surface area contributed by atoms with Gasteiger partial charge in [0.25, 0.3) is 0 Å². The number of ether oxygens (including phenoxy) is 2. The molecule has 88 valence electrons. The van der Waals surface area contributed by atoms with Crippen LogP contribution in [0.3, 0.4) is 0 Å². The molecule has 15 heavy (non-hydrogen) atoms. The molecule has 0 amide bonds. The number of hydrogen-bond acceptors (Lipinski definition) is 3. The fraction of sp³-hybridized carbons (Fsp3) is 1.00. The van der Waals surface area contributed by atoms with Crippen LogP contribution in [0, 0.1) is 0 Å². The Morgan fingerprint density at radius 3 is 3.00 bits per heavy atom. The van der Waals surface area contributed by atoms with E-state index in [1.165, 1.54) is 45.1 Å². The summed E-state index contributed by atoms with van der Waals surface area (Å²) in [5.41, 5.74) is 0. The van der Waals surface area contributed by atoms with Gasteiger partial charge in [-0.05, 0) is 45.1 Å². The van der Waals surface area contributed by atoms with E-state index in [4.69, 9.17) is 9.47 Å². The fourth-order valence-electron chi connectivity index (χ4n) is 2.43. The van der Waals surface area contributed by atoms with E-state index in [2.05, 4.69) is 5.32 Å². The maximum absolute atomic E-state index is 5.62. The highest BCUT2D eigenvalue weighted by Crippen LogP contribution is 2.13. The predicted molar refractivity (Wildman–Crippen MR) is 60.1 cm³/mol. The summed E-state index contributed by atoms with van der Waals surface area (Å²) in [5.74, 6) is 0. The molecule has 2 saturated heterocycles. The van der Waals surface area contributed by atoms with E-state index >= 15 is 0 Å². The lowest BCUT2D eigenvalue weighted by atomic mass is 10.1. The minimum Gasteiger partial charge on any atom is -0.379 e. The first kappa shape index (κ1) is 11.4. The molecule has 0 bridgehead atoms. The molecule has 0 aromatic rings. The van der Waals surface area contributed by atoms with E-state index in [0.29, 0.717) is 6.10 Å². The highest BCUT2D eigenvalue weighted by molar-refractivity contribution is 4.73. The quantitative estimate of drug-likeness (QED) is 0.681. The summed E-state index contributed by atoms with van der Waals surface area (Å²) in [7, 11) is 0. The summed E-state index contributed by atoms with van der Waals surface area (Å²) in [6, 6.07) is 0.760. The second-order valence-corrected chi connectivity index (χ2v) is 4.65. The minimum atomic E-state index is 0.384. The summed E-state index contributed by atoms with van der Waals surface area (Å²) in [5, 5.41) is 3.51. The van der Waals surface area contributed by atoms with Crippen molar-refractivity contribution in [2.45, 2.75) is 50.7 Å². The Bertz CT molecular complexity index is 145. The summed E-state index contributed by atoms with van der Waals surface area (Å²) >= 11 is 0. The summed E-state index contributed by atoms with van der Waals surface area (Å²) in [6.07, 6.45) is 7.93. The number of rotatable bonds is 6. The molecule has 0 aromatic carbocycles. The van der Waals surface area contributed by atoms with Crippen LogP contribution in [0.1, 0.15) is 38.5 Å². The maximum Gasteiger partial charge on any atom is 0.0809 e. The van der Waals surface area contributed by atoms with E-state index in [1.54, 1.807) is 0 Å². The molecule has 2 aliphatic rings. The Labute approximate surface area is 92.5 Å². The van der Waals surface area contributed by atoms with Crippen LogP contribution in [-0.4, -0.2) is 38.5 Å². The molecule has 2 aliphatic heterocycles. The van der Waals surface area contributed by atoms with E-state index in [1.807, 2.05) is 0 Å². The highest BCUT2D eigenvalue weighted by Gasteiger charge is 2.16. The van der Waals surface area contributed by atoms with Gasteiger partial charge in [-0.3, -0.25) is 0 Å². The van der Waals surface area contributed by atoms with Crippen molar-refractivity contribution >= 4 is 0 Å². The predicted octanol–water partition coefficient (Wildman–Crippen LogP) is 1.71. The first-order chi connectivity index (χ1) is 7.45. The third kappa shape index (κ3) is 4.09. The molecule has 0 aromatic heterocycles.